The van der Waals surface area contributed by atoms with E-state index >= 15 is 0 Å². The largest absolute Gasteiger partial charge is 0.265 e. The van der Waals surface area contributed by atoms with Crippen LogP contribution < -0.4 is 0 Å². The smallest absolute Gasteiger partial charge is 0.0273 e. The number of allylic oxidation sites excluding steroid dienone is 1. The van der Waals surface area contributed by atoms with Crippen LogP contribution in [0.15, 0.2) is 164 Å². The van der Waals surface area contributed by atoms with Crippen molar-refractivity contribution in [2.75, 3.05) is 0 Å². The van der Waals surface area contributed by atoms with Crippen LogP contribution in [0.3, 0.4) is 0 Å². The summed E-state index contributed by atoms with van der Waals surface area (Å²) in [6.45, 7) is 2.32. The maximum absolute atomic E-state index is 4.25. The first-order chi connectivity index (χ1) is 24.2. The quantitative estimate of drug-likeness (QED) is 0.178. The van der Waals surface area contributed by atoms with E-state index in [9.17, 15) is 0 Å². The Bertz CT molecular complexity index is 2470. The number of rotatable bonds is 5. The zero-order chi connectivity index (χ0) is 32.7. The molecule has 1 aliphatic carbocycles. The van der Waals surface area contributed by atoms with E-state index in [4.69, 9.17) is 0 Å². The van der Waals surface area contributed by atoms with Gasteiger partial charge in [0.2, 0.25) is 0 Å². The van der Waals surface area contributed by atoms with Gasteiger partial charge in [-0.05, 0) is 155 Å². The average molecular weight is 627 g/mol. The molecule has 2 nitrogen and oxygen atoms in total. The van der Waals surface area contributed by atoms with E-state index in [-0.39, 0.29) is 0 Å². The number of aromatic nitrogens is 2. The molecule has 2 aromatic heterocycles. The first-order valence-corrected chi connectivity index (χ1v) is 17.0. The zero-order valence-electron chi connectivity index (χ0n) is 27.3. The molecule has 0 radical (unpaired) electrons. The van der Waals surface area contributed by atoms with Crippen molar-refractivity contribution in [2.24, 2.45) is 5.92 Å². The summed E-state index contributed by atoms with van der Waals surface area (Å²) in [7, 11) is 0. The van der Waals surface area contributed by atoms with E-state index in [1.807, 2.05) is 24.8 Å². The third-order valence-corrected chi connectivity index (χ3v) is 9.98. The number of hydrogen-bond donors (Lipinski definition) is 0. The van der Waals surface area contributed by atoms with Gasteiger partial charge in [-0.25, -0.2) is 0 Å². The Labute approximate surface area is 287 Å². The second-order valence-electron chi connectivity index (χ2n) is 13.1. The predicted octanol–water partition coefficient (Wildman–Crippen LogP) is 12.3. The van der Waals surface area contributed by atoms with Gasteiger partial charge >= 0.3 is 0 Å². The Morgan fingerprint density at radius 1 is 0.449 bits per heavy atom. The lowest BCUT2D eigenvalue weighted by Gasteiger charge is -2.23. The Hall–Kier alpha value is -6.12. The summed E-state index contributed by atoms with van der Waals surface area (Å²) in [5.74, 6) is 0.509. The molecule has 0 bridgehead atoms. The average Bonchev–Trinajstić information content (AvgIpc) is 3.18. The third-order valence-electron chi connectivity index (χ3n) is 9.98. The van der Waals surface area contributed by atoms with Gasteiger partial charge in [-0.1, -0.05) is 97.9 Å². The highest BCUT2D eigenvalue weighted by Crippen LogP contribution is 2.43. The summed E-state index contributed by atoms with van der Waals surface area (Å²) < 4.78 is 0. The number of hydrogen-bond acceptors (Lipinski definition) is 2. The van der Waals surface area contributed by atoms with Gasteiger partial charge in [-0.3, -0.25) is 9.97 Å². The van der Waals surface area contributed by atoms with Crippen molar-refractivity contribution in [3.63, 3.8) is 0 Å². The lowest BCUT2D eigenvalue weighted by atomic mass is 9.81. The van der Waals surface area contributed by atoms with Crippen molar-refractivity contribution in [3.8, 4) is 55.6 Å². The lowest BCUT2D eigenvalue weighted by Crippen LogP contribution is -2.05. The normalized spacial score (nSPS) is 13.9. The second-order valence-corrected chi connectivity index (χ2v) is 13.1. The van der Waals surface area contributed by atoms with E-state index < -0.39 is 0 Å². The minimum absolute atomic E-state index is 0.509. The van der Waals surface area contributed by atoms with E-state index in [1.165, 1.54) is 66.1 Å². The van der Waals surface area contributed by atoms with Gasteiger partial charge in [-0.2, -0.15) is 0 Å². The van der Waals surface area contributed by atoms with Crippen LogP contribution in [0.2, 0.25) is 0 Å². The van der Waals surface area contributed by atoms with Crippen molar-refractivity contribution in [3.05, 3.63) is 175 Å². The standard InChI is InChI=1S/C47H34N2/c1-31-15-16-44-42-11-2-3-12-43(42)45-14-6-13-41(47(45)46(44)25-31)37-10-5-8-35(27-37)34-7-4-9-36(26-34)40-29-38(32-17-21-48-22-18-32)28-39(30-40)33-19-23-49-24-20-33/h2-24,26-31H,25H2,1H3. The van der Waals surface area contributed by atoms with Crippen molar-refractivity contribution in [1.82, 2.24) is 9.97 Å². The number of pyridine rings is 2. The van der Waals surface area contributed by atoms with Crippen LogP contribution in [-0.4, -0.2) is 9.97 Å². The van der Waals surface area contributed by atoms with Crippen molar-refractivity contribution in [2.45, 2.75) is 13.3 Å². The molecule has 1 aliphatic rings. The molecule has 6 aromatic carbocycles. The summed E-state index contributed by atoms with van der Waals surface area (Å²) in [6.07, 6.45) is 13.2. The van der Waals surface area contributed by atoms with Gasteiger partial charge < -0.3 is 0 Å². The van der Waals surface area contributed by atoms with Gasteiger partial charge in [0.05, 0.1) is 0 Å². The summed E-state index contributed by atoms with van der Waals surface area (Å²) in [5, 5.41) is 5.38. The first-order valence-electron chi connectivity index (χ1n) is 17.0. The monoisotopic (exact) mass is 626 g/mol. The summed E-state index contributed by atoms with van der Waals surface area (Å²) >= 11 is 0. The molecule has 0 saturated heterocycles. The van der Waals surface area contributed by atoms with Crippen molar-refractivity contribution in [1.29, 1.82) is 0 Å². The number of nitrogens with zero attached hydrogens (tertiary/aromatic N) is 2. The zero-order valence-corrected chi connectivity index (χ0v) is 27.3. The topological polar surface area (TPSA) is 25.8 Å². The molecule has 0 saturated carbocycles. The van der Waals surface area contributed by atoms with Crippen LogP contribution >= 0.6 is 0 Å². The molecule has 1 unspecified atom stereocenters. The molecule has 0 spiro atoms. The molecule has 9 rings (SSSR count). The van der Waals surface area contributed by atoms with Crippen LogP contribution in [0.25, 0.3) is 83.3 Å². The van der Waals surface area contributed by atoms with Crippen LogP contribution in [0.5, 0.6) is 0 Å². The predicted molar refractivity (Wildman–Crippen MR) is 206 cm³/mol. The fourth-order valence-corrected chi connectivity index (χ4v) is 7.61. The molecule has 232 valence electrons. The molecular weight excluding hydrogens is 593 g/mol. The molecule has 8 aromatic rings. The van der Waals surface area contributed by atoms with Crippen LogP contribution in [0.4, 0.5) is 0 Å². The maximum atomic E-state index is 4.25. The van der Waals surface area contributed by atoms with Gasteiger partial charge in [0.15, 0.2) is 0 Å². The Morgan fingerprint density at radius 3 is 1.59 bits per heavy atom. The molecule has 2 heterocycles. The number of benzene rings is 6. The molecule has 0 N–H and O–H groups in total. The van der Waals surface area contributed by atoms with Gasteiger partial charge in [-0.15, -0.1) is 0 Å². The Morgan fingerprint density at radius 2 is 0.939 bits per heavy atom. The van der Waals surface area contributed by atoms with E-state index in [0.29, 0.717) is 5.92 Å². The lowest BCUT2D eigenvalue weighted by molar-refractivity contribution is 0.722. The van der Waals surface area contributed by atoms with Gasteiger partial charge in [0.1, 0.15) is 0 Å². The SMILES string of the molecule is CC1C=Cc2c(c3c(-c4cccc(-c5cccc(-c6cc(-c7ccncc7)cc(-c7ccncc7)c6)c5)c4)cccc3c3ccccc23)C1. The molecule has 1 atom stereocenters. The third kappa shape index (κ3) is 5.32. The molecule has 0 amide bonds. The Balaban J connectivity index is 1.17. The van der Waals surface area contributed by atoms with Crippen LogP contribution in [-0.2, 0) is 6.42 Å². The van der Waals surface area contributed by atoms with Gasteiger partial charge in [0.25, 0.3) is 0 Å². The van der Waals surface area contributed by atoms with Crippen molar-refractivity contribution < 1.29 is 0 Å². The van der Waals surface area contributed by atoms with Crippen molar-refractivity contribution >= 4 is 27.6 Å². The maximum Gasteiger partial charge on any atom is 0.0273 e. The minimum atomic E-state index is 0.509. The van der Waals surface area contributed by atoms with Gasteiger partial charge in [0, 0.05) is 24.8 Å². The number of fused-ring (bicyclic) bond motifs is 6. The molecule has 49 heavy (non-hydrogen) atoms. The summed E-state index contributed by atoms with van der Waals surface area (Å²) in [4.78, 5) is 8.50. The highest BCUT2D eigenvalue weighted by atomic mass is 14.6. The molecule has 0 fully saturated rings. The molecule has 2 heteroatoms. The Kier molecular flexibility index (Phi) is 7.21. The van der Waals surface area contributed by atoms with Crippen LogP contribution in [0, 0.1) is 5.92 Å². The molecule has 0 aliphatic heterocycles. The van der Waals surface area contributed by atoms with Crippen LogP contribution in [0.1, 0.15) is 18.1 Å². The second kappa shape index (κ2) is 12.2. The highest BCUT2D eigenvalue weighted by molar-refractivity contribution is 6.17. The summed E-state index contributed by atoms with van der Waals surface area (Å²) in [5.41, 5.74) is 14.8. The van der Waals surface area contributed by atoms with E-state index in [1.54, 1.807) is 0 Å². The highest BCUT2D eigenvalue weighted by Gasteiger charge is 2.20. The first kappa shape index (κ1) is 29.1. The fourth-order valence-electron chi connectivity index (χ4n) is 7.61. The minimum Gasteiger partial charge on any atom is -0.265 e. The molecular formula is C47H34N2. The fraction of sp³-hybridized carbons (Fsp3) is 0.0638. The summed E-state index contributed by atoms with van der Waals surface area (Å²) in [6, 6.07) is 48.8. The van der Waals surface area contributed by atoms with E-state index in [2.05, 4.69) is 163 Å². The van der Waals surface area contributed by atoms with E-state index in [0.717, 1.165) is 28.7 Å².